The van der Waals surface area contributed by atoms with Crippen LogP contribution in [0.25, 0.3) is 0 Å². The number of carbonyl (C=O) groups excluding carboxylic acids is 1. The Morgan fingerprint density at radius 1 is 1.53 bits per heavy atom. The van der Waals surface area contributed by atoms with Gasteiger partial charge in [0.15, 0.2) is 0 Å². The highest BCUT2D eigenvalue weighted by Gasteiger charge is 2.31. The summed E-state index contributed by atoms with van der Waals surface area (Å²) in [5.74, 6) is -0.868. The van der Waals surface area contributed by atoms with Crippen molar-refractivity contribution < 1.29 is 13.9 Å². The maximum absolute atomic E-state index is 13.0. The van der Waals surface area contributed by atoms with Crippen LogP contribution in [-0.4, -0.2) is 13.1 Å². The summed E-state index contributed by atoms with van der Waals surface area (Å²) in [6.45, 7) is 3.15. The molecule has 0 spiro atoms. The van der Waals surface area contributed by atoms with Crippen LogP contribution in [0, 0.1) is 12.7 Å². The van der Waals surface area contributed by atoms with Crippen LogP contribution in [0.5, 0.6) is 0 Å². The van der Waals surface area contributed by atoms with E-state index in [0.29, 0.717) is 11.1 Å². The highest BCUT2D eigenvalue weighted by Crippen LogP contribution is 2.21. The highest BCUT2D eigenvalue weighted by molar-refractivity contribution is 5.81. The van der Waals surface area contributed by atoms with E-state index in [4.69, 9.17) is 5.73 Å². The molecule has 1 rings (SSSR count). The fraction of sp³-hybridized carbons (Fsp3) is 0.364. The van der Waals surface area contributed by atoms with Crippen LogP contribution in [0.2, 0.25) is 0 Å². The Kier molecular flexibility index (Phi) is 3.09. The number of methoxy groups -OCH3 is 1. The maximum Gasteiger partial charge on any atom is 0.330 e. The standard InChI is InChI=1S/C11H14FNO2/c1-7-6-8(4-5-9(7)12)11(2,13)10(14)15-3/h4-6H,13H2,1-3H3. The van der Waals surface area contributed by atoms with Crippen LogP contribution in [0.3, 0.4) is 0 Å². The third kappa shape index (κ3) is 2.15. The van der Waals surface area contributed by atoms with Gasteiger partial charge in [-0.2, -0.15) is 0 Å². The number of esters is 1. The molecule has 0 saturated heterocycles. The number of hydrogen-bond acceptors (Lipinski definition) is 3. The molecule has 0 radical (unpaired) electrons. The van der Waals surface area contributed by atoms with Crippen LogP contribution in [0.1, 0.15) is 18.1 Å². The van der Waals surface area contributed by atoms with Crippen molar-refractivity contribution in [3.05, 3.63) is 35.1 Å². The van der Waals surface area contributed by atoms with Gasteiger partial charge in [-0.1, -0.05) is 12.1 Å². The van der Waals surface area contributed by atoms with Crippen molar-refractivity contribution in [2.75, 3.05) is 7.11 Å². The van der Waals surface area contributed by atoms with Crippen LogP contribution < -0.4 is 5.73 Å². The summed E-state index contributed by atoms with van der Waals surface area (Å²) in [5, 5.41) is 0. The second kappa shape index (κ2) is 3.98. The molecule has 1 atom stereocenters. The Morgan fingerprint density at radius 3 is 2.60 bits per heavy atom. The zero-order chi connectivity index (χ0) is 11.6. The minimum absolute atomic E-state index is 0.320. The minimum atomic E-state index is -1.24. The summed E-state index contributed by atoms with van der Waals surface area (Å²) in [6.07, 6.45) is 0. The van der Waals surface area contributed by atoms with Crippen molar-refractivity contribution in [2.45, 2.75) is 19.4 Å². The number of benzene rings is 1. The molecule has 0 aliphatic carbocycles. The lowest BCUT2D eigenvalue weighted by Crippen LogP contribution is -2.42. The van der Waals surface area contributed by atoms with Gasteiger partial charge in [-0.05, 0) is 31.0 Å². The molecule has 0 aliphatic rings. The molecule has 2 N–H and O–H groups in total. The Morgan fingerprint density at radius 2 is 2.13 bits per heavy atom. The minimum Gasteiger partial charge on any atom is -0.467 e. The average Bonchev–Trinajstić information content (AvgIpc) is 2.20. The molecule has 82 valence electrons. The number of hydrogen-bond donors (Lipinski definition) is 1. The molecule has 1 aromatic rings. The van der Waals surface area contributed by atoms with Gasteiger partial charge in [0.05, 0.1) is 7.11 Å². The van der Waals surface area contributed by atoms with E-state index in [1.54, 1.807) is 13.0 Å². The van der Waals surface area contributed by atoms with Gasteiger partial charge in [0.2, 0.25) is 0 Å². The number of aryl methyl sites for hydroxylation is 1. The van der Waals surface area contributed by atoms with Crippen LogP contribution >= 0.6 is 0 Å². The lowest BCUT2D eigenvalue weighted by Gasteiger charge is -2.22. The smallest absolute Gasteiger partial charge is 0.330 e. The van der Waals surface area contributed by atoms with Gasteiger partial charge < -0.3 is 10.5 Å². The summed E-state index contributed by atoms with van der Waals surface area (Å²) in [6, 6.07) is 4.32. The summed E-state index contributed by atoms with van der Waals surface area (Å²) in [4.78, 5) is 11.4. The molecule has 0 fully saturated rings. The normalized spacial score (nSPS) is 14.5. The van der Waals surface area contributed by atoms with E-state index < -0.39 is 11.5 Å². The predicted octanol–water partition coefficient (Wildman–Crippen LogP) is 1.48. The van der Waals surface area contributed by atoms with Gasteiger partial charge in [0.1, 0.15) is 11.4 Å². The topological polar surface area (TPSA) is 52.3 Å². The van der Waals surface area contributed by atoms with Gasteiger partial charge in [-0.3, -0.25) is 0 Å². The predicted molar refractivity (Wildman–Crippen MR) is 54.7 cm³/mol. The zero-order valence-corrected chi connectivity index (χ0v) is 9.00. The van der Waals surface area contributed by atoms with Crippen LogP contribution in [0.4, 0.5) is 4.39 Å². The quantitative estimate of drug-likeness (QED) is 0.754. The van der Waals surface area contributed by atoms with E-state index >= 15 is 0 Å². The second-order valence-corrected chi connectivity index (χ2v) is 3.66. The lowest BCUT2D eigenvalue weighted by atomic mass is 9.92. The summed E-state index contributed by atoms with van der Waals surface area (Å²) < 4.78 is 17.6. The number of halogens is 1. The lowest BCUT2D eigenvalue weighted by molar-refractivity contribution is -0.146. The van der Waals surface area contributed by atoms with E-state index in [9.17, 15) is 9.18 Å². The molecule has 15 heavy (non-hydrogen) atoms. The Labute approximate surface area is 88.0 Å². The molecule has 1 aromatic carbocycles. The van der Waals surface area contributed by atoms with Gasteiger partial charge in [0, 0.05) is 0 Å². The summed E-state index contributed by atoms with van der Waals surface area (Å²) in [5.41, 5.74) is 5.56. The van der Waals surface area contributed by atoms with Crippen molar-refractivity contribution in [3.63, 3.8) is 0 Å². The maximum atomic E-state index is 13.0. The fourth-order valence-electron chi connectivity index (χ4n) is 1.30. The third-order valence-electron chi connectivity index (χ3n) is 2.37. The molecule has 0 bridgehead atoms. The second-order valence-electron chi connectivity index (χ2n) is 3.66. The molecule has 0 amide bonds. The van der Waals surface area contributed by atoms with Crippen molar-refractivity contribution in [1.82, 2.24) is 0 Å². The Bertz CT molecular complexity index is 388. The largest absolute Gasteiger partial charge is 0.467 e. The van der Waals surface area contributed by atoms with Crippen molar-refractivity contribution in [3.8, 4) is 0 Å². The molecule has 0 heterocycles. The van der Waals surface area contributed by atoms with E-state index in [-0.39, 0.29) is 5.82 Å². The monoisotopic (exact) mass is 211 g/mol. The van der Waals surface area contributed by atoms with Crippen LogP contribution in [0.15, 0.2) is 18.2 Å². The number of rotatable bonds is 2. The zero-order valence-electron chi connectivity index (χ0n) is 9.00. The Balaban J connectivity index is 3.16. The SMILES string of the molecule is COC(=O)C(C)(N)c1ccc(F)c(C)c1. The fourth-order valence-corrected chi connectivity index (χ4v) is 1.30. The molecule has 0 aromatic heterocycles. The first kappa shape index (κ1) is 11.7. The summed E-state index contributed by atoms with van der Waals surface area (Å²) >= 11 is 0. The van der Waals surface area contributed by atoms with Crippen molar-refractivity contribution in [2.24, 2.45) is 5.73 Å². The third-order valence-corrected chi connectivity index (χ3v) is 2.37. The van der Waals surface area contributed by atoms with Gasteiger partial charge in [0.25, 0.3) is 0 Å². The number of nitrogens with two attached hydrogens (primary N) is 1. The number of carbonyl (C=O) groups is 1. The van der Waals surface area contributed by atoms with Gasteiger partial charge in [-0.15, -0.1) is 0 Å². The van der Waals surface area contributed by atoms with Gasteiger partial charge >= 0.3 is 5.97 Å². The van der Waals surface area contributed by atoms with E-state index in [0.717, 1.165) is 0 Å². The molecular formula is C11H14FNO2. The van der Waals surface area contributed by atoms with E-state index in [1.807, 2.05) is 0 Å². The van der Waals surface area contributed by atoms with Gasteiger partial charge in [-0.25, -0.2) is 9.18 Å². The first-order valence-electron chi connectivity index (χ1n) is 4.53. The molecule has 0 saturated carbocycles. The van der Waals surface area contributed by atoms with Crippen molar-refractivity contribution >= 4 is 5.97 Å². The van der Waals surface area contributed by atoms with Crippen molar-refractivity contribution in [1.29, 1.82) is 0 Å². The van der Waals surface area contributed by atoms with E-state index in [2.05, 4.69) is 4.74 Å². The molecule has 3 nitrogen and oxygen atoms in total. The van der Waals surface area contributed by atoms with E-state index in [1.165, 1.54) is 26.2 Å². The number of ether oxygens (including phenoxy) is 1. The molecule has 0 aliphatic heterocycles. The molecule has 1 unspecified atom stereocenters. The first-order chi connectivity index (χ1) is 6.89. The summed E-state index contributed by atoms with van der Waals surface area (Å²) in [7, 11) is 1.27. The Hall–Kier alpha value is -1.42. The average molecular weight is 211 g/mol. The van der Waals surface area contributed by atoms with Crippen LogP contribution in [-0.2, 0) is 15.1 Å². The highest BCUT2D eigenvalue weighted by atomic mass is 19.1. The first-order valence-corrected chi connectivity index (χ1v) is 4.53. The molecular weight excluding hydrogens is 197 g/mol. The molecule has 4 heteroatoms.